The van der Waals surface area contributed by atoms with Gasteiger partial charge in [-0.3, -0.25) is 14.9 Å². The number of Topliss-reactive ketones (excluding diaryl/α,β-unsaturated/α-hetero) is 1. The van der Waals surface area contributed by atoms with Crippen molar-refractivity contribution in [1.82, 2.24) is 4.98 Å². The lowest BCUT2D eigenvalue weighted by molar-refractivity contribution is -0.118. The van der Waals surface area contributed by atoms with Crippen LogP contribution >= 0.6 is 22.9 Å². The fourth-order valence-corrected chi connectivity index (χ4v) is 3.42. The van der Waals surface area contributed by atoms with Crippen molar-refractivity contribution in [3.8, 4) is 17.0 Å². The van der Waals surface area contributed by atoms with Crippen LogP contribution in [0.4, 0.5) is 9.52 Å². The predicted octanol–water partition coefficient (Wildman–Crippen LogP) is 4.82. The highest BCUT2D eigenvalue weighted by molar-refractivity contribution is 7.18. The molecule has 0 bridgehead atoms. The SMILES string of the molecule is CC(=O)c1sc(NC(=O)COc2ccc(F)cc2Cl)nc1-c1ccccc1. The topological polar surface area (TPSA) is 68.3 Å². The molecule has 0 radical (unpaired) electrons. The first kappa shape index (κ1) is 19.0. The maximum absolute atomic E-state index is 13.0. The van der Waals surface area contributed by atoms with Crippen molar-refractivity contribution in [1.29, 1.82) is 0 Å². The third-order valence-electron chi connectivity index (χ3n) is 3.49. The number of halogens is 2. The molecule has 0 atom stereocenters. The zero-order valence-corrected chi connectivity index (χ0v) is 15.7. The van der Waals surface area contributed by atoms with Gasteiger partial charge in [0.15, 0.2) is 17.5 Å². The van der Waals surface area contributed by atoms with Crippen LogP contribution in [0.2, 0.25) is 5.02 Å². The minimum absolute atomic E-state index is 0.0716. The third kappa shape index (κ3) is 4.69. The zero-order valence-electron chi connectivity index (χ0n) is 14.2. The maximum Gasteiger partial charge on any atom is 0.264 e. The Balaban J connectivity index is 1.71. The first-order chi connectivity index (χ1) is 12.9. The Bertz CT molecular complexity index is 992. The Hall–Kier alpha value is -2.77. The molecule has 0 aliphatic carbocycles. The van der Waals surface area contributed by atoms with Gasteiger partial charge in [0.1, 0.15) is 11.6 Å². The summed E-state index contributed by atoms with van der Waals surface area (Å²) in [5.41, 5.74) is 1.31. The summed E-state index contributed by atoms with van der Waals surface area (Å²) < 4.78 is 18.3. The largest absolute Gasteiger partial charge is 0.482 e. The number of benzene rings is 2. The molecule has 27 heavy (non-hydrogen) atoms. The number of ether oxygens (including phenoxy) is 1. The van der Waals surface area contributed by atoms with Crippen LogP contribution in [0.1, 0.15) is 16.6 Å². The van der Waals surface area contributed by atoms with Crippen LogP contribution in [0.15, 0.2) is 48.5 Å². The third-order valence-corrected chi connectivity index (χ3v) is 4.86. The molecule has 1 aromatic heterocycles. The molecule has 0 unspecified atom stereocenters. The second-order valence-corrected chi connectivity index (χ2v) is 6.94. The molecule has 0 fully saturated rings. The maximum atomic E-state index is 13.0. The molecule has 0 spiro atoms. The Labute approximate surface area is 163 Å². The monoisotopic (exact) mass is 404 g/mol. The van der Waals surface area contributed by atoms with E-state index in [4.69, 9.17) is 16.3 Å². The van der Waals surface area contributed by atoms with E-state index in [1.807, 2.05) is 30.3 Å². The lowest BCUT2D eigenvalue weighted by atomic mass is 10.1. The highest BCUT2D eigenvalue weighted by Gasteiger charge is 2.18. The molecule has 0 saturated heterocycles. The minimum atomic E-state index is -0.496. The molecule has 138 valence electrons. The van der Waals surface area contributed by atoms with Crippen LogP contribution in [-0.4, -0.2) is 23.3 Å². The highest BCUT2D eigenvalue weighted by atomic mass is 35.5. The zero-order chi connectivity index (χ0) is 19.4. The van der Waals surface area contributed by atoms with Crippen molar-refractivity contribution in [2.24, 2.45) is 0 Å². The normalized spacial score (nSPS) is 10.5. The number of ketones is 1. The van der Waals surface area contributed by atoms with Gasteiger partial charge in [-0.25, -0.2) is 9.37 Å². The Morgan fingerprint density at radius 2 is 1.96 bits per heavy atom. The average Bonchev–Trinajstić information content (AvgIpc) is 3.06. The smallest absolute Gasteiger partial charge is 0.264 e. The fraction of sp³-hybridized carbons (Fsp3) is 0.105. The number of carbonyl (C=O) groups is 2. The van der Waals surface area contributed by atoms with E-state index in [0.29, 0.717) is 10.6 Å². The molecule has 1 amide bonds. The van der Waals surface area contributed by atoms with E-state index >= 15 is 0 Å². The standard InChI is InChI=1S/C19H14ClFN2O3S/c1-11(24)18-17(12-5-3-2-4-6-12)23-19(27-18)22-16(25)10-26-15-8-7-13(21)9-14(15)20/h2-9H,10H2,1H3,(H,22,23,25). The van der Waals surface area contributed by atoms with E-state index in [1.54, 1.807) is 0 Å². The number of carbonyl (C=O) groups excluding carboxylic acids is 2. The average molecular weight is 405 g/mol. The lowest BCUT2D eigenvalue weighted by Crippen LogP contribution is -2.20. The summed E-state index contributed by atoms with van der Waals surface area (Å²) in [6.07, 6.45) is 0. The van der Waals surface area contributed by atoms with Crippen LogP contribution in [0, 0.1) is 5.82 Å². The van der Waals surface area contributed by atoms with Gasteiger partial charge in [0.25, 0.3) is 5.91 Å². The number of thiazole rings is 1. The molecule has 1 heterocycles. The summed E-state index contributed by atoms with van der Waals surface area (Å²) in [5.74, 6) is -0.911. The van der Waals surface area contributed by atoms with Crippen molar-refractivity contribution in [3.05, 3.63) is 64.2 Å². The first-order valence-electron chi connectivity index (χ1n) is 7.89. The number of amides is 1. The van der Waals surface area contributed by atoms with Gasteiger partial charge < -0.3 is 4.74 Å². The summed E-state index contributed by atoms with van der Waals surface area (Å²) in [4.78, 5) is 28.8. The van der Waals surface area contributed by atoms with Gasteiger partial charge in [0.05, 0.1) is 15.6 Å². The van der Waals surface area contributed by atoms with Gasteiger partial charge in [0.2, 0.25) is 0 Å². The Morgan fingerprint density at radius 1 is 1.22 bits per heavy atom. The van der Waals surface area contributed by atoms with E-state index in [2.05, 4.69) is 10.3 Å². The molecular weight excluding hydrogens is 391 g/mol. The summed E-state index contributed by atoms with van der Waals surface area (Å²) in [5, 5.41) is 2.96. The van der Waals surface area contributed by atoms with E-state index in [1.165, 1.54) is 19.1 Å². The molecule has 0 saturated carbocycles. The van der Waals surface area contributed by atoms with Crippen LogP contribution in [0.3, 0.4) is 0 Å². The summed E-state index contributed by atoms with van der Waals surface area (Å²) in [7, 11) is 0. The highest BCUT2D eigenvalue weighted by Crippen LogP contribution is 2.31. The second-order valence-electron chi connectivity index (χ2n) is 5.53. The summed E-state index contributed by atoms with van der Waals surface area (Å²) in [6.45, 7) is 1.12. The van der Waals surface area contributed by atoms with Gasteiger partial charge in [-0.05, 0) is 18.2 Å². The van der Waals surface area contributed by atoms with Crippen LogP contribution in [-0.2, 0) is 4.79 Å². The van der Waals surface area contributed by atoms with Gasteiger partial charge in [-0.1, -0.05) is 53.3 Å². The van der Waals surface area contributed by atoms with Crippen molar-refractivity contribution in [2.75, 3.05) is 11.9 Å². The second kappa shape index (κ2) is 8.28. The molecule has 2 aromatic carbocycles. The molecular formula is C19H14ClFN2O3S. The molecule has 8 heteroatoms. The minimum Gasteiger partial charge on any atom is -0.482 e. The Morgan fingerprint density at radius 3 is 2.63 bits per heavy atom. The van der Waals surface area contributed by atoms with E-state index in [-0.39, 0.29) is 28.3 Å². The number of nitrogens with zero attached hydrogens (tertiary/aromatic N) is 1. The number of rotatable bonds is 6. The fourth-order valence-electron chi connectivity index (χ4n) is 2.29. The molecule has 3 rings (SSSR count). The first-order valence-corrected chi connectivity index (χ1v) is 9.08. The van der Waals surface area contributed by atoms with Crippen LogP contribution in [0.5, 0.6) is 5.75 Å². The van der Waals surface area contributed by atoms with Crippen LogP contribution < -0.4 is 10.1 Å². The molecule has 1 N–H and O–H groups in total. The molecule has 0 aliphatic rings. The summed E-state index contributed by atoms with van der Waals surface area (Å²) in [6, 6.07) is 12.9. The number of hydrogen-bond donors (Lipinski definition) is 1. The Kier molecular flexibility index (Phi) is 5.83. The van der Waals surface area contributed by atoms with Crippen molar-refractivity contribution >= 4 is 39.8 Å². The van der Waals surface area contributed by atoms with E-state index in [0.717, 1.165) is 23.0 Å². The van der Waals surface area contributed by atoms with Gasteiger partial charge in [-0.2, -0.15) is 0 Å². The van der Waals surface area contributed by atoms with E-state index in [9.17, 15) is 14.0 Å². The van der Waals surface area contributed by atoms with Crippen molar-refractivity contribution < 1.29 is 18.7 Å². The quantitative estimate of drug-likeness (QED) is 0.598. The molecule has 0 aliphatic heterocycles. The number of aromatic nitrogens is 1. The summed E-state index contributed by atoms with van der Waals surface area (Å²) >= 11 is 6.95. The van der Waals surface area contributed by atoms with Crippen LogP contribution in [0.25, 0.3) is 11.3 Å². The van der Waals surface area contributed by atoms with Gasteiger partial charge in [-0.15, -0.1) is 0 Å². The van der Waals surface area contributed by atoms with Crippen molar-refractivity contribution in [3.63, 3.8) is 0 Å². The van der Waals surface area contributed by atoms with E-state index < -0.39 is 11.7 Å². The molecule has 3 aromatic rings. The van der Waals surface area contributed by atoms with Gasteiger partial charge >= 0.3 is 0 Å². The molecule has 5 nitrogen and oxygen atoms in total. The predicted molar refractivity (Wildman–Crippen MR) is 103 cm³/mol. The number of anilines is 1. The van der Waals surface area contributed by atoms with Gasteiger partial charge in [0, 0.05) is 12.5 Å². The number of hydrogen-bond acceptors (Lipinski definition) is 5. The number of nitrogens with one attached hydrogen (secondary N) is 1. The lowest BCUT2D eigenvalue weighted by Gasteiger charge is -2.07. The van der Waals surface area contributed by atoms with Crippen molar-refractivity contribution in [2.45, 2.75) is 6.92 Å².